The predicted octanol–water partition coefficient (Wildman–Crippen LogP) is 3.31. The molecule has 1 aromatic carbocycles. The van der Waals surface area contributed by atoms with Crippen molar-refractivity contribution in [2.24, 2.45) is 0 Å². The van der Waals surface area contributed by atoms with E-state index in [0.29, 0.717) is 12.1 Å². The van der Waals surface area contributed by atoms with Gasteiger partial charge in [0.15, 0.2) is 0 Å². The van der Waals surface area contributed by atoms with Crippen LogP contribution in [-0.2, 0) is 0 Å². The van der Waals surface area contributed by atoms with E-state index in [1.807, 2.05) is 23.1 Å². The second-order valence-electron chi connectivity index (χ2n) is 8.03. The van der Waals surface area contributed by atoms with Crippen LogP contribution in [0.25, 0.3) is 5.69 Å². The molecule has 27 heavy (non-hydrogen) atoms. The molecule has 1 aromatic heterocycles. The van der Waals surface area contributed by atoms with Gasteiger partial charge in [0, 0.05) is 49.8 Å². The van der Waals surface area contributed by atoms with Gasteiger partial charge in [-0.05, 0) is 75.5 Å². The van der Waals surface area contributed by atoms with Crippen LogP contribution in [0, 0.1) is 0 Å². The summed E-state index contributed by atoms with van der Waals surface area (Å²) in [5, 5.41) is 8.27. The quantitative estimate of drug-likeness (QED) is 0.850. The molecule has 2 aliphatic heterocycles. The zero-order valence-electron chi connectivity index (χ0n) is 16.6. The SMILES string of the molecule is CCCN1CCC[C@@H](NC2CCN(c3ccc(-n4cccn4)cc3)CC2)C1. The van der Waals surface area contributed by atoms with E-state index in [9.17, 15) is 0 Å². The van der Waals surface area contributed by atoms with Crippen LogP contribution in [0.3, 0.4) is 0 Å². The third-order valence-electron chi connectivity index (χ3n) is 6.00. The van der Waals surface area contributed by atoms with E-state index < -0.39 is 0 Å². The van der Waals surface area contributed by atoms with E-state index in [-0.39, 0.29) is 0 Å². The molecule has 0 radical (unpaired) electrons. The monoisotopic (exact) mass is 367 g/mol. The maximum atomic E-state index is 4.30. The van der Waals surface area contributed by atoms with Crippen molar-refractivity contribution < 1.29 is 0 Å². The van der Waals surface area contributed by atoms with Gasteiger partial charge < -0.3 is 15.1 Å². The van der Waals surface area contributed by atoms with E-state index in [2.05, 4.69) is 51.4 Å². The summed E-state index contributed by atoms with van der Waals surface area (Å²) in [6.45, 7) is 8.36. The van der Waals surface area contributed by atoms with Crippen LogP contribution in [0.2, 0.25) is 0 Å². The highest BCUT2D eigenvalue weighted by Crippen LogP contribution is 2.22. The molecule has 0 bridgehead atoms. The van der Waals surface area contributed by atoms with Gasteiger partial charge in [-0.2, -0.15) is 5.10 Å². The normalized spacial score (nSPS) is 22.3. The summed E-state index contributed by atoms with van der Waals surface area (Å²) in [4.78, 5) is 5.16. The van der Waals surface area contributed by atoms with Gasteiger partial charge in [0.2, 0.25) is 0 Å². The number of benzene rings is 1. The van der Waals surface area contributed by atoms with Crippen molar-refractivity contribution in [2.45, 2.75) is 51.1 Å². The summed E-state index contributed by atoms with van der Waals surface area (Å²) >= 11 is 0. The summed E-state index contributed by atoms with van der Waals surface area (Å²) in [5.74, 6) is 0. The summed E-state index contributed by atoms with van der Waals surface area (Å²) < 4.78 is 1.91. The summed E-state index contributed by atoms with van der Waals surface area (Å²) in [5.41, 5.74) is 2.45. The van der Waals surface area contributed by atoms with Crippen LogP contribution in [-0.4, -0.2) is 59.5 Å². The molecular weight excluding hydrogens is 334 g/mol. The van der Waals surface area contributed by atoms with Crippen molar-refractivity contribution in [3.05, 3.63) is 42.7 Å². The highest BCUT2D eigenvalue weighted by atomic mass is 15.3. The number of likely N-dealkylation sites (tertiary alicyclic amines) is 1. The molecule has 146 valence electrons. The lowest BCUT2D eigenvalue weighted by Gasteiger charge is -2.39. The second kappa shape index (κ2) is 8.89. The number of anilines is 1. The van der Waals surface area contributed by atoms with E-state index in [1.165, 1.54) is 57.4 Å². The molecule has 2 fully saturated rings. The van der Waals surface area contributed by atoms with Crippen LogP contribution >= 0.6 is 0 Å². The highest BCUT2D eigenvalue weighted by molar-refractivity contribution is 5.51. The second-order valence-corrected chi connectivity index (χ2v) is 8.03. The van der Waals surface area contributed by atoms with Crippen molar-refractivity contribution >= 4 is 5.69 Å². The third-order valence-corrected chi connectivity index (χ3v) is 6.00. The Kier molecular flexibility index (Phi) is 6.10. The Morgan fingerprint density at radius 2 is 1.78 bits per heavy atom. The van der Waals surface area contributed by atoms with E-state index in [4.69, 9.17) is 0 Å². The Bertz CT molecular complexity index is 671. The van der Waals surface area contributed by atoms with Gasteiger partial charge in [-0.3, -0.25) is 0 Å². The van der Waals surface area contributed by atoms with Crippen molar-refractivity contribution in [3.8, 4) is 5.69 Å². The number of rotatable bonds is 6. The Hall–Kier alpha value is -1.85. The topological polar surface area (TPSA) is 36.3 Å². The van der Waals surface area contributed by atoms with Crippen molar-refractivity contribution in [1.29, 1.82) is 0 Å². The third kappa shape index (κ3) is 4.71. The molecule has 0 spiro atoms. The minimum Gasteiger partial charge on any atom is -0.371 e. The fraction of sp³-hybridized carbons (Fsp3) is 0.591. The van der Waals surface area contributed by atoms with Crippen LogP contribution < -0.4 is 10.2 Å². The van der Waals surface area contributed by atoms with Gasteiger partial charge in [0.05, 0.1) is 5.69 Å². The smallest absolute Gasteiger partial charge is 0.0647 e. The lowest BCUT2D eigenvalue weighted by atomic mass is 9.99. The Labute approximate surface area is 163 Å². The molecule has 5 heteroatoms. The summed E-state index contributed by atoms with van der Waals surface area (Å²) in [6, 6.07) is 12.1. The Balaban J connectivity index is 1.26. The maximum absolute atomic E-state index is 4.30. The number of hydrogen-bond donors (Lipinski definition) is 1. The molecular formula is C22H33N5. The highest BCUT2D eigenvalue weighted by Gasteiger charge is 2.25. The van der Waals surface area contributed by atoms with E-state index in [0.717, 1.165) is 18.8 Å². The molecule has 2 saturated heterocycles. The molecule has 2 aliphatic rings. The van der Waals surface area contributed by atoms with Gasteiger partial charge in [0.1, 0.15) is 0 Å². The van der Waals surface area contributed by atoms with Gasteiger partial charge in [-0.1, -0.05) is 6.92 Å². The maximum Gasteiger partial charge on any atom is 0.0647 e. The van der Waals surface area contributed by atoms with Crippen LogP contribution in [0.1, 0.15) is 39.0 Å². The van der Waals surface area contributed by atoms with Crippen molar-refractivity contribution in [2.75, 3.05) is 37.6 Å². The molecule has 1 atom stereocenters. The first-order valence-electron chi connectivity index (χ1n) is 10.7. The average Bonchev–Trinajstić information content (AvgIpc) is 3.24. The number of hydrogen-bond acceptors (Lipinski definition) is 4. The van der Waals surface area contributed by atoms with Crippen LogP contribution in [0.15, 0.2) is 42.7 Å². The zero-order valence-corrected chi connectivity index (χ0v) is 16.6. The fourth-order valence-electron chi connectivity index (χ4n) is 4.59. The standard InChI is InChI=1S/C22H33N5/c1-2-13-25-14-3-5-20(18-25)24-19-10-16-26(17-11-19)21-6-8-22(9-7-21)27-15-4-12-23-27/h4,6-9,12,15,19-20,24H,2-3,5,10-11,13-14,16-18H2,1H3/t20-/m1/s1. The van der Waals surface area contributed by atoms with Gasteiger partial charge >= 0.3 is 0 Å². The first kappa shape index (κ1) is 18.5. The molecule has 3 heterocycles. The number of nitrogens with one attached hydrogen (secondary N) is 1. The molecule has 0 aliphatic carbocycles. The number of aromatic nitrogens is 2. The first-order chi connectivity index (χ1) is 13.3. The fourth-order valence-corrected chi connectivity index (χ4v) is 4.59. The Morgan fingerprint density at radius 3 is 2.48 bits per heavy atom. The predicted molar refractivity (Wildman–Crippen MR) is 112 cm³/mol. The minimum atomic E-state index is 0.677. The summed E-state index contributed by atoms with van der Waals surface area (Å²) in [7, 11) is 0. The molecule has 0 saturated carbocycles. The average molecular weight is 368 g/mol. The van der Waals surface area contributed by atoms with Crippen molar-refractivity contribution in [1.82, 2.24) is 20.0 Å². The Morgan fingerprint density at radius 1 is 1.00 bits per heavy atom. The molecule has 0 unspecified atom stereocenters. The van der Waals surface area contributed by atoms with Gasteiger partial charge in [-0.15, -0.1) is 0 Å². The molecule has 5 nitrogen and oxygen atoms in total. The molecule has 0 amide bonds. The van der Waals surface area contributed by atoms with Gasteiger partial charge in [0.25, 0.3) is 0 Å². The zero-order chi connectivity index (χ0) is 18.5. The minimum absolute atomic E-state index is 0.677. The van der Waals surface area contributed by atoms with Crippen LogP contribution in [0.4, 0.5) is 5.69 Å². The van der Waals surface area contributed by atoms with E-state index in [1.54, 1.807) is 0 Å². The number of piperidine rings is 2. The first-order valence-corrected chi connectivity index (χ1v) is 10.7. The lowest BCUT2D eigenvalue weighted by molar-refractivity contribution is 0.178. The largest absolute Gasteiger partial charge is 0.371 e. The lowest BCUT2D eigenvalue weighted by Crippen LogP contribution is -2.52. The van der Waals surface area contributed by atoms with E-state index >= 15 is 0 Å². The number of nitrogens with zero attached hydrogens (tertiary/aromatic N) is 4. The molecule has 1 N–H and O–H groups in total. The van der Waals surface area contributed by atoms with Crippen molar-refractivity contribution in [3.63, 3.8) is 0 Å². The molecule has 2 aromatic rings. The van der Waals surface area contributed by atoms with Gasteiger partial charge in [-0.25, -0.2) is 4.68 Å². The van der Waals surface area contributed by atoms with Crippen LogP contribution in [0.5, 0.6) is 0 Å². The molecule has 4 rings (SSSR count). The summed E-state index contributed by atoms with van der Waals surface area (Å²) in [6.07, 6.45) is 10.2.